The molecule has 1 N–H and O–H groups in total. The predicted molar refractivity (Wildman–Crippen MR) is 151 cm³/mol. The fraction of sp³-hybridized carbons (Fsp3) is 0.552. The van der Waals surface area contributed by atoms with Crippen LogP contribution in [-0.2, 0) is 19.1 Å². The van der Waals surface area contributed by atoms with Crippen LogP contribution >= 0.6 is 0 Å². The van der Waals surface area contributed by atoms with Crippen molar-refractivity contribution in [2.45, 2.75) is 57.0 Å². The van der Waals surface area contributed by atoms with Crippen LogP contribution in [0.3, 0.4) is 0 Å². The molecule has 13 heteroatoms. The van der Waals surface area contributed by atoms with Crippen molar-refractivity contribution in [3.63, 3.8) is 0 Å². The molecule has 6 rings (SSSR count). The smallest absolute Gasteiger partial charge is 0.306 e. The van der Waals surface area contributed by atoms with E-state index in [-0.39, 0.29) is 42.1 Å². The number of morpholine rings is 1. The molecule has 0 radical (unpaired) electrons. The van der Waals surface area contributed by atoms with E-state index < -0.39 is 6.43 Å². The van der Waals surface area contributed by atoms with Gasteiger partial charge in [-0.15, -0.1) is 0 Å². The maximum absolute atomic E-state index is 14.2. The van der Waals surface area contributed by atoms with Crippen LogP contribution in [0, 0.1) is 5.92 Å². The van der Waals surface area contributed by atoms with E-state index in [0.717, 1.165) is 25.7 Å². The Morgan fingerprint density at radius 3 is 2.52 bits per heavy atom. The van der Waals surface area contributed by atoms with Gasteiger partial charge in [-0.05, 0) is 44.2 Å². The Bertz CT molecular complexity index is 1440. The molecule has 1 aromatic carbocycles. The maximum atomic E-state index is 14.2. The number of methoxy groups -OCH3 is 1. The van der Waals surface area contributed by atoms with Gasteiger partial charge in [-0.3, -0.25) is 14.2 Å². The molecule has 0 unspecified atom stereocenters. The molecule has 2 aliphatic heterocycles. The number of imidazole rings is 1. The minimum atomic E-state index is -2.79. The van der Waals surface area contributed by atoms with Gasteiger partial charge in [0.2, 0.25) is 11.9 Å². The van der Waals surface area contributed by atoms with Gasteiger partial charge in [0.1, 0.15) is 11.6 Å². The first-order chi connectivity index (χ1) is 20.4. The summed E-state index contributed by atoms with van der Waals surface area (Å²) in [5.74, 6) is 0.334. The number of nitrogens with zero attached hydrogens (tertiary/aromatic N) is 6. The number of aromatic nitrogens is 4. The third-order valence-electron chi connectivity index (χ3n) is 8.51. The normalized spacial score (nSPS) is 23.1. The highest BCUT2D eigenvalue weighted by Crippen LogP contribution is 2.33. The minimum Gasteiger partial charge on any atom is -0.469 e. The molecule has 1 atom stereocenters. The topological polar surface area (TPSA) is 115 Å². The number of carbonyl (C=O) groups is 2. The van der Waals surface area contributed by atoms with Gasteiger partial charge in [-0.2, -0.15) is 9.97 Å². The lowest BCUT2D eigenvalue weighted by Crippen LogP contribution is -2.42. The van der Waals surface area contributed by atoms with E-state index in [0.29, 0.717) is 67.9 Å². The molecular formula is C29H35F2N7O4. The first kappa shape index (κ1) is 28.3. The molecule has 11 nitrogen and oxygen atoms in total. The number of hydrogen-bond donors (Lipinski definition) is 1. The van der Waals surface area contributed by atoms with E-state index >= 15 is 0 Å². The molecule has 42 heavy (non-hydrogen) atoms. The van der Waals surface area contributed by atoms with Crippen molar-refractivity contribution in [1.82, 2.24) is 24.4 Å². The highest BCUT2D eigenvalue weighted by Gasteiger charge is 2.38. The average molecular weight is 584 g/mol. The summed E-state index contributed by atoms with van der Waals surface area (Å²) in [5, 5.41) is 3.46. The summed E-state index contributed by atoms with van der Waals surface area (Å²) < 4.78 is 40.0. The van der Waals surface area contributed by atoms with Crippen LogP contribution in [0.5, 0.6) is 0 Å². The zero-order valence-corrected chi connectivity index (χ0v) is 23.5. The molecular weight excluding hydrogens is 548 g/mol. The molecule has 1 saturated carbocycles. The van der Waals surface area contributed by atoms with Crippen molar-refractivity contribution < 1.29 is 27.8 Å². The summed E-state index contributed by atoms with van der Waals surface area (Å²) in [7, 11) is 1.34. The van der Waals surface area contributed by atoms with Crippen LogP contribution in [-0.4, -0.2) is 88.3 Å². The lowest BCUT2D eigenvalue weighted by Gasteiger charge is -2.35. The second-order valence-corrected chi connectivity index (χ2v) is 11.0. The molecule has 224 valence electrons. The number of halogens is 2. The number of hydrogen-bond acceptors (Lipinski definition) is 9. The number of nitrogens with one attached hydrogen (secondary N) is 1. The zero-order chi connectivity index (χ0) is 29.2. The van der Waals surface area contributed by atoms with Gasteiger partial charge in [-0.1, -0.05) is 12.1 Å². The number of alkyl halides is 2. The standard InChI is InChI=1S/C29H35F2N7O4/c1-41-25(39)16-18-10-11-37(28(18)40)20-8-6-19(7-9-20)32-29-34-23(36-12-14-42-15-13-36)17-24(35-29)38-22-5-3-2-4-21(22)33-27(38)26(30)31/h2-5,17-20,26H,6-16H2,1H3,(H,32,34,35)/t18-,19?,20?/m0/s1. The van der Waals surface area contributed by atoms with Crippen molar-refractivity contribution in [3.8, 4) is 5.82 Å². The van der Waals surface area contributed by atoms with Gasteiger partial charge in [0.15, 0.2) is 5.82 Å². The summed E-state index contributed by atoms with van der Waals surface area (Å²) >= 11 is 0. The van der Waals surface area contributed by atoms with Crippen LogP contribution in [0.15, 0.2) is 30.3 Å². The third kappa shape index (κ3) is 5.74. The average Bonchev–Trinajstić information content (AvgIpc) is 3.58. The Morgan fingerprint density at radius 1 is 1.05 bits per heavy atom. The van der Waals surface area contributed by atoms with Gasteiger partial charge in [-0.25, -0.2) is 13.8 Å². The molecule has 0 spiro atoms. The van der Waals surface area contributed by atoms with Gasteiger partial charge < -0.3 is 24.6 Å². The Kier molecular flexibility index (Phi) is 8.18. The van der Waals surface area contributed by atoms with Gasteiger partial charge in [0, 0.05) is 37.8 Å². The molecule has 2 saturated heterocycles. The molecule has 1 amide bonds. The number of fused-ring (bicyclic) bond motifs is 1. The van der Waals surface area contributed by atoms with Crippen LogP contribution in [0.4, 0.5) is 20.5 Å². The van der Waals surface area contributed by atoms with E-state index in [1.807, 2.05) is 4.90 Å². The molecule has 1 aliphatic carbocycles. The summed E-state index contributed by atoms with van der Waals surface area (Å²) in [6, 6.07) is 8.95. The Hall–Kier alpha value is -3.87. The van der Waals surface area contributed by atoms with Gasteiger partial charge >= 0.3 is 5.97 Å². The van der Waals surface area contributed by atoms with Crippen molar-refractivity contribution in [3.05, 3.63) is 36.2 Å². The van der Waals surface area contributed by atoms with Crippen molar-refractivity contribution in [2.75, 3.05) is 50.2 Å². The van der Waals surface area contributed by atoms with E-state index in [2.05, 4.69) is 15.2 Å². The number of likely N-dealkylation sites (tertiary alicyclic amines) is 1. The number of rotatable bonds is 8. The first-order valence-electron chi connectivity index (χ1n) is 14.5. The van der Waals surface area contributed by atoms with Gasteiger partial charge in [0.25, 0.3) is 6.43 Å². The minimum absolute atomic E-state index is 0.0328. The number of para-hydroxylation sites is 2. The van der Waals surface area contributed by atoms with Crippen LogP contribution in [0.2, 0.25) is 0 Å². The van der Waals surface area contributed by atoms with Crippen LogP contribution < -0.4 is 10.2 Å². The Morgan fingerprint density at radius 2 is 1.79 bits per heavy atom. The molecule has 3 aromatic rings. The number of benzene rings is 1. The van der Waals surface area contributed by atoms with Crippen molar-refractivity contribution in [1.29, 1.82) is 0 Å². The SMILES string of the molecule is COC(=O)C[C@@H]1CCN(C2CCC(Nc3nc(N4CCOCC4)cc(-n4c(C(F)F)nc5ccccc54)n3)CC2)C1=O. The number of esters is 1. The summed E-state index contributed by atoms with van der Waals surface area (Å²) in [5.41, 5.74) is 1.02. The van der Waals surface area contributed by atoms with E-state index in [9.17, 15) is 18.4 Å². The van der Waals surface area contributed by atoms with E-state index in [1.54, 1.807) is 30.3 Å². The van der Waals surface area contributed by atoms with Crippen LogP contribution in [0.1, 0.15) is 50.8 Å². The fourth-order valence-electron chi connectivity index (χ4n) is 6.30. The molecule has 4 heterocycles. The summed E-state index contributed by atoms with van der Waals surface area (Å²) in [6.07, 6.45) is 1.23. The molecule has 3 fully saturated rings. The highest BCUT2D eigenvalue weighted by atomic mass is 19.3. The molecule has 0 bridgehead atoms. The monoisotopic (exact) mass is 583 g/mol. The number of anilines is 2. The summed E-state index contributed by atoms with van der Waals surface area (Å²) in [6.45, 7) is 3.03. The number of amides is 1. The zero-order valence-electron chi connectivity index (χ0n) is 23.5. The first-order valence-corrected chi connectivity index (χ1v) is 14.5. The third-order valence-corrected chi connectivity index (χ3v) is 8.51. The van der Waals surface area contributed by atoms with E-state index in [1.165, 1.54) is 11.7 Å². The summed E-state index contributed by atoms with van der Waals surface area (Å²) in [4.78, 5) is 42.3. The molecule has 3 aliphatic rings. The van der Waals surface area contributed by atoms with Gasteiger partial charge in [0.05, 0.1) is 43.7 Å². The lowest BCUT2D eigenvalue weighted by molar-refractivity contribution is -0.145. The van der Waals surface area contributed by atoms with Crippen LogP contribution in [0.25, 0.3) is 16.9 Å². The van der Waals surface area contributed by atoms with Crippen molar-refractivity contribution in [2.24, 2.45) is 5.92 Å². The van der Waals surface area contributed by atoms with E-state index in [4.69, 9.17) is 19.4 Å². The number of carbonyl (C=O) groups excluding carboxylic acids is 2. The second-order valence-electron chi connectivity index (χ2n) is 11.0. The second kappa shape index (κ2) is 12.2. The lowest BCUT2D eigenvalue weighted by atomic mass is 9.90. The largest absolute Gasteiger partial charge is 0.469 e. The Labute approximate surface area is 242 Å². The van der Waals surface area contributed by atoms with Crippen molar-refractivity contribution >= 4 is 34.7 Å². The highest BCUT2D eigenvalue weighted by molar-refractivity contribution is 5.85. The predicted octanol–water partition coefficient (Wildman–Crippen LogP) is 3.72. The fourth-order valence-corrected chi connectivity index (χ4v) is 6.30. The maximum Gasteiger partial charge on any atom is 0.306 e. The molecule has 2 aromatic heterocycles. The Balaban J connectivity index is 1.22. The quantitative estimate of drug-likeness (QED) is 0.396. The number of ether oxygens (including phenoxy) is 2.